The van der Waals surface area contributed by atoms with Crippen LogP contribution in [0.25, 0.3) is 0 Å². The second-order valence-electron chi connectivity index (χ2n) is 5.41. The number of rotatable bonds is 3. The fraction of sp³-hybridized carbons (Fsp3) is 0.909. The third kappa shape index (κ3) is 5.02. The Labute approximate surface area is 92.7 Å². The molecule has 0 aliphatic heterocycles. The second-order valence-corrected chi connectivity index (χ2v) is 5.41. The molecule has 0 aromatic heterocycles. The fourth-order valence-electron chi connectivity index (χ4n) is 1.29. The molecule has 15 heavy (non-hydrogen) atoms. The van der Waals surface area contributed by atoms with Gasteiger partial charge in [-0.1, -0.05) is 13.3 Å². The predicted octanol–water partition coefficient (Wildman–Crippen LogP) is 2.68. The van der Waals surface area contributed by atoms with E-state index < -0.39 is 11.7 Å². The van der Waals surface area contributed by atoms with Crippen LogP contribution in [0.15, 0.2) is 0 Å². The lowest BCUT2D eigenvalue weighted by molar-refractivity contribution is 0.00102. The zero-order valence-corrected chi connectivity index (χ0v) is 10.8. The highest BCUT2D eigenvalue weighted by Crippen LogP contribution is 2.20. The zero-order valence-electron chi connectivity index (χ0n) is 10.8. The van der Waals surface area contributed by atoms with Crippen LogP contribution in [-0.2, 0) is 4.74 Å². The monoisotopic (exact) mass is 216 g/mol. The van der Waals surface area contributed by atoms with E-state index in [4.69, 9.17) is 10.6 Å². The number of hydrazine groups is 1. The Bertz CT molecular complexity index is 219. The van der Waals surface area contributed by atoms with Crippen molar-refractivity contribution in [3.8, 4) is 0 Å². The van der Waals surface area contributed by atoms with Crippen LogP contribution in [0.2, 0.25) is 0 Å². The van der Waals surface area contributed by atoms with E-state index in [-0.39, 0.29) is 5.54 Å². The van der Waals surface area contributed by atoms with Gasteiger partial charge in [-0.2, -0.15) is 0 Å². The summed E-state index contributed by atoms with van der Waals surface area (Å²) >= 11 is 0. The van der Waals surface area contributed by atoms with Crippen molar-refractivity contribution >= 4 is 6.09 Å². The highest BCUT2D eigenvalue weighted by molar-refractivity contribution is 5.68. The third-order valence-corrected chi connectivity index (χ3v) is 2.10. The molecule has 0 aliphatic rings. The normalized spacial score (nSPS) is 12.5. The maximum Gasteiger partial charge on any atom is 0.425 e. The Balaban J connectivity index is 4.44. The molecular weight excluding hydrogens is 192 g/mol. The summed E-state index contributed by atoms with van der Waals surface area (Å²) < 4.78 is 5.19. The topological polar surface area (TPSA) is 55.6 Å². The van der Waals surface area contributed by atoms with Gasteiger partial charge in [0.05, 0.1) is 5.54 Å². The van der Waals surface area contributed by atoms with Crippen molar-refractivity contribution < 1.29 is 9.53 Å². The van der Waals surface area contributed by atoms with Gasteiger partial charge in [-0.25, -0.2) is 15.6 Å². The van der Waals surface area contributed by atoms with Crippen LogP contribution in [0.3, 0.4) is 0 Å². The van der Waals surface area contributed by atoms with Crippen LogP contribution in [0, 0.1) is 0 Å². The first kappa shape index (κ1) is 14.2. The van der Waals surface area contributed by atoms with E-state index in [0.717, 1.165) is 12.8 Å². The van der Waals surface area contributed by atoms with Crippen molar-refractivity contribution in [2.45, 2.75) is 65.5 Å². The van der Waals surface area contributed by atoms with Crippen molar-refractivity contribution in [1.29, 1.82) is 0 Å². The molecule has 0 fully saturated rings. The quantitative estimate of drug-likeness (QED) is 0.448. The molecule has 0 spiro atoms. The van der Waals surface area contributed by atoms with Crippen LogP contribution in [0.1, 0.15) is 54.4 Å². The largest absolute Gasteiger partial charge is 0.443 e. The van der Waals surface area contributed by atoms with Gasteiger partial charge in [-0.05, 0) is 41.0 Å². The molecule has 0 saturated heterocycles. The van der Waals surface area contributed by atoms with Crippen molar-refractivity contribution in [1.82, 2.24) is 5.01 Å². The molecular formula is C11H24N2O2. The van der Waals surface area contributed by atoms with Crippen LogP contribution >= 0.6 is 0 Å². The number of nitrogens with two attached hydrogens (primary N) is 1. The fourth-order valence-corrected chi connectivity index (χ4v) is 1.29. The van der Waals surface area contributed by atoms with E-state index in [2.05, 4.69) is 6.92 Å². The van der Waals surface area contributed by atoms with E-state index >= 15 is 0 Å². The maximum absolute atomic E-state index is 11.7. The molecule has 0 aromatic carbocycles. The minimum absolute atomic E-state index is 0.364. The minimum atomic E-state index is -0.503. The number of carbonyl (C=O) groups is 1. The van der Waals surface area contributed by atoms with Gasteiger partial charge in [0.25, 0.3) is 0 Å². The van der Waals surface area contributed by atoms with E-state index in [1.165, 1.54) is 5.01 Å². The highest BCUT2D eigenvalue weighted by atomic mass is 16.6. The first-order valence-corrected chi connectivity index (χ1v) is 5.38. The Morgan fingerprint density at radius 1 is 1.27 bits per heavy atom. The summed E-state index contributed by atoms with van der Waals surface area (Å²) in [4.78, 5) is 11.7. The summed E-state index contributed by atoms with van der Waals surface area (Å²) in [6, 6.07) is 0. The van der Waals surface area contributed by atoms with Gasteiger partial charge in [0.15, 0.2) is 0 Å². The number of hydrogen-bond donors (Lipinski definition) is 1. The van der Waals surface area contributed by atoms with Crippen LogP contribution in [-0.4, -0.2) is 22.2 Å². The van der Waals surface area contributed by atoms with E-state index in [0.29, 0.717) is 0 Å². The average molecular weight is 216 g/mol. The van der Waals surface area contributed by atoms with Gasteiger partial charge in [0, 0.05) is 0 Å². The van der Waals surface area contributed by atoms with Gasteiger partial charge in [-0.15, -0.1) is 0 Å². The number of ether oxygens (including phenoxy) is 1. The van der Waals surface area contributed by atoms with Crippen molar-refractivity contribution in [2.75, 3.05) is 0 Å². The number of carbonyl (C=O) groups excluding carboxylic acids is 1. The highest BCUT2D eigenvalue weighted by Gasteiger charge is 2.31. The molecule has 4 nitrogen and oxygen atoms in total. The lowest BCUT2D eigenvalue weighted by Gasteiger charge is -2.35. The van der Waals surface area contributed by atoms with E-state index in [1.54, 1.807) is 0 Å². The molecule has 0 radical (unpaired) electrons. The van der Waals surface area contributed by atoms with Crippen LogP contribution in [0.5, 0.6) is 0 Å². The van der Waals surface area contributed by atoms with Gasteiger partial charge in [0.2, 0.25) is 0 Å². The van der Waals surface area contributed by atoms with E-state index in [1.807, 2.05) is 34.6 Å². The molecule has 0 aromatic rings. The molecule has 2 N–H and O–H groups in total. The summed E-state index contributed by atoms with van der Waals surface area (Å²) in [5, 5.41) is 1.18. The maximum atomic E-state index is 11.7. The van der Waals surface area contributed by atoms with Crippen molar-refractivity contribution in [3.05, 3.63) is 0 Å². The molecule has 0 unspecified atom stereocenters. The van der Waals surface area contributed by atoms with Gasteiger partial charge >= 0.3 is 6.09 Å². The lowest BCUT2D eigenvalue weighted by Crippen LogP contribution is -2.53. The molecule has 0 rings (SSSR count). The predicted molar refractivity (Wildman–Crippen MR) is 61.2 cm³/mol. The molecule has 4 heteroatoms. The number of hydrogen-bond acceptors (Lipinski definition) is 3. The lowest BCUT2D eigenvalue weighted by atomic mass is 9.99. The average Bonchev–Trinajstić information content (AvgIpc) is 1.99. The third-order valence-electron chi connectivity index (χ3n) is 2.10. The van der Waals surface area contributed by atoms with Gasteiger partial charge in [0.1, 0.15) is 5.60 Å². The Kier molecular flexibility index (Phi) is 4.59. The molecule has 0 atom stereocenters. The molecule has 0 aliphatic carbocycles. The first-order valence-electron chi connectivity index (χ1n) is 5.38. The van der Waals surface area contributed by atoms with Gasteiger partial charge < -0.3 is 4.74 Å². The van der Waals surface area contributed by atoms with Crippen LogP contribution in [0.4, 0.5) is 4.79 Å². The Morgan fingerprint density at radius 3 is 2.07 bits per heavy atom. The Hall–Kier alpha value is -0.770. The first-order chi connectivity index (χ1) is 6.60. The SMILES string of the molecule is CCCC(C)(C)N(N)C(=O)OC(C)(C)C. The van der Waals surface area contributed by atoms with Crippen molar-refractivity contribution in [2.24, 2.45) is 5.84 Å². The van der Waals surface area contributed by atoms with E-state index in [9.17, 15) is 4.79 Å². The summed E-state index contributed by atoms with van der Waals surface area (Å²) in [5.41, 5.74) is -0.867. The number of amides is 1. The van der Waals surface area contributed by atoms with Crippen molar-refractivity contribution in [3.63, 3.8) is 0 Å². The summed E-state index contributed by atoms with van der Waals surface area (Å²) in [7, 11) is 0. The van der Waals surface area contributed by atoms with Crippen LogP contribution < -0.4 is 5.84 Å². The molecule has 90 valence electrons. The smallest absolute Gasteiger partial charge is 0.425 e. The zero-order chi connectivity index (χ0) is 12.3. The minimum Gasteiger partial charge on any atom is -0.443 e. The molecule has 0 bridgehead atoms. The number of nitrogens with zero attached hydrogens (tertiary/aromatic N) is 1. The second kappa shape index (κ2) is 4.84. The Morgan fingerprint density at radius 2 is 1.73 bits per heavy atom. The molecule has 1 amide bonds. The van der Waals surface area contributed by atoms with Gasteiger partial charge in [-0.3, -0.25) is 0 Å². The summed E-state index contributed by atoms with van der Waals surface area (Å²) in [6.07, 6.45) is 1.35. The summed E-state index contributed by atoms with van der Waals surface area (Å²) in [6.45, 7) is 11.4. The summed E-state index contributed by atoms with van der Waals surface area (Å²) in [5.74, 6) is 5.75. The standard InChI is InChI=1S/C11H24N2O2/c1-7-8-11(5,6)13(12)9(14)15-10(2,3)4/h7-8,12H2,1-6H3. The molecule has 0 heterocycles. The molecule has 0 saturated carbocycles.